The van der Waals surface area contributed by atoms with Gasteiger partial charge in [0.15, 0.2) is 5.76 Å². The first-order valence-electron chi connectivity index (χ1n) is 2.91. The number of nitrogens with zero attached hydrogens (tertiary/aromatic N) is 1. The van der Waals surface area contributed by atoms with Gasteiger partial charge in [-0.05, 0) is 31.4 Å². The number of hydrogen-bond donors (Lipinski definition) is 0. The van der Waals surface area contributed by atoms with Crippen molar-refractivity contribution in [3.05, 3.63) is 11.2 Å². The van der Waals surface area contributed by atoms with Crippen molar-refractivity contribution in [2.75, 3.05) is 14.1 Å². The molecule has 0 aromatic carbocycles. The van der Waals surface area contributed by atoms with Crippen molar-refractivity contribution in [2.24, 2.45) is 0 Å². The lowest BCUT2D eigenvalue weighted by Crippen LogP contribution is -2.05. The van der Waals surface area contributed by atoms with Crippen LogP contribution in [0.3, 0.4) is 0 Å². The lowest BCUT2D eigenvalue weighted by Gasteiger charge is -2.16. The van der Waals surface area contributed by atoms with Gasteiger partial charge in [-0.15, -0.1) is 6.42 Å². The maximum Gasteiger partial charge on any atom is 0.381 e. The summed E-state index contributed by atoms with van der Waals surface area (Å²) in [5, 5.41) is 1.60. The van der Waals surface area contributed by atoms with Crippen LogP contribution in [0.4, 0.5) is 0 Å². The zero-order chi connectivity index (χ0) is 8.48. The zero-order valence-corrected chi connectivity index (χ0v) is 7.98. The molecule has 1 rings (SSSR count). The molecular formula is C6H8NO2PS. The molecule has 60 valence electrons. The van der Waals surface area contributed by atoms with Crippen LogP contribution in [0.15, 0.2) is 11.2 Å². The van der Waals surface area contributed by atoms with Crippen LogP contribution in [-0.4, -0.2) is 18.8 Å². The van der Waals surface area contributed by atoms with Crippen LogP contribution >= 0.6 is 18.1 Å². The number of terminal acetylenes is 1. The molecule has 0 aromatic heterocycles. The summed E-state index contributed by atoms with van der Waals surface area (Å²) in [7, 11) is 3.39. The van der Waals surface area contributed by atoms with Gasteiger partial charge in [0.25, 0.3) is 0 Å². The molecule has 0 aromatic rings. The molecule has 0 radical (unpaired) electrons. The Labute approximate surface area is 70.0 Å². The quantitative estimate of drug-likeness (QED) is 0.465. The highest BCUT2D eigenvalue weighted by molar-refractivity contribution is 8.57. The smallest absolute Gasteiger partial charge is 0.381 e. The highest BCUT2D eigenvalue weighted by atomic mass is 32.7. The van der Waals surface area contributed by atoms with Gasteiger partial charge in [-0.3, -0.25) is 0 Å². The van der Waals surface area contributed by atoms with Crippen LogP contribution < -0.4 is 0 Å². The Kier molecular flexibility index (Phi) is 2.34. The molecule has 1 aliphatic heterocycles. The van der Waals surface area contributed by atoms with E-state index >= 15 is 0 Å². The molecule has 3 nitrogen and oxygen atoms in total. The molecule has 0 aliphatic carbocycles. The summed E-state index contributed by atoms with van der Waals surface area (Å²) in [6.07, 6.45) is 5.06. The second kappa shape index (κ2) is 2.94. The van der Waals surface area contributed by atoms with Crippen molar-refractivity contribution < 1.29 is 9.09 Å². The highest BCUT2D eigenvalue weighted by Crippen LogP contribution is 2.67. The number of rotatable bonds is 1. The van der Waals surface area contributed by atoms with Gasteiger partial charge in [-0.25, -0.2) is 9.24 Å². The van der Waals surface area contributed by atoms with Crippen molar-refractivity contribution >= 4 is 18.1 Å². The minimum absolute atomic E-state index is 0.354. The molecule has 0 saturated heterocycles. The molecule has 1 heterocycles. The molecule has 0 saturated carbocycles. The molecule has 0 N–H and O–H groups in total. The average molecular weight is 189 g/mol. The standard InChI is InChI=1S/C6H8NO2PS/c1-4-6-5-11-10(8,9-6)7(2)3/h1,5H,2-3H3. The molecule has 1 unspecified atom stereocenters. The van der Waals surface area contributed by atoms with Crippen LogP contribution in [0, 0.1) is 12.3 Å². The van der Waals surface area contributed by atoms with E-state index in [4.69, 9.17) is 10.9 Å². The monoisotopic (exact) mass is 189 g/mol. The lowest BCUT2D eigenvalue weighted by molar-refractivity contribution is 0.390. The second-order valence-electron chi connectivity index (χ2n) is 2.14. The van der Waals surface area contributed by atoms with Crippen LogP contribution in [0.25, 0.3) is 0 Å². The predicted molar refractivity (Wildman–Crippen MR) is 46.9 cm³/mol. The Morgan fingerprint density at radius 3 is 2.73 bits per heavy atom. The number of allylic oxidation sites excluding steroid dienone is 1. The summed E-state index contributed by atoms with van der Waals surface area (Å²) in [6.45, 7) is -2.70. The average Bonchev–Trinajstić information content (AvgIpc) is 2.33. The van der Waals surface area contributed by atoms with Gasteiger partial charge in [-0.1, -0.05) is 0 Å². The summed E-state index contributed by atoms with van der Waals surface area (Å²) >= 11 is 1.14. The maximum atomic E-state index is 11.6. The molecule has 11 heavy (non-hydrogen) atoms. The summed E-state index contributed by atoms with van der Waals surface area (Å²) in [5.41, 5.74) is 0. The fourth-order valence-electron chi connectivity index (χ4n) is 0.518. The first-order valence-corrected chi connectivity index (χ1v) is 5.97. The second-order valence-corrected chi connectivity index (χ2v) is 6.52. The van der Waals surface area contributed by atoms with E-state index in [-0.39, 0.29) is 0 Å². The fourth-order valence-corrected chi connectivity index (χ4v) is 3.31. The molecular weight excluding hydrogens is 181 g/mol. The molecule has 5 heteroatoms. The van der Waals surface area contributed by atoms with Gasteiger partial charge >= 0.3 is 6.72 Å². The van der Waals surface area contributed by atoms with E-state index in [0.717, 1.165) is 11.4 Å². The van der Waals surface area contributed by atoms with Crippen molar-refractivity contribution in [1.29, 1.82) is 0 Å². The predicted octanol–water partition coefficient (Wildman–Crippen LogP) is 1.89. The fraction of sp³-hybridized carbons (Fsp3) is 0.333. The Bertz CT molecular complexity index is 279. The third-order valence-electron chi connectivity index (χ3n) is 1.14. The minimum atomic E-state index is -2.70. The van der Waals surface area contributed by atoms with E-state index in [2.05, 4.69) is 5.92 Å². The van der Waals surface area contributed by atoms with Crippen molar-refractivity contribution in [3.63, 3.8) is 0 Å². The summed E-state index contributed by atoms with van der Waals surface area (Å²) < 4.78 is 18.2. The Balaban J connectivity index is 2.75. The van der Waals surface area contributed by atoms with Gasteiger partial charge in [0.05, 0.1) is 0 Å². The third kappa shape index (κ3) is 1.62. The van der Waals surface area contributed by atoms with E-state index in [1.165, 1.54) is 0 Å². The van der Waals surface area contributed by atoms with E-state index in [1.807, 2.05) is 0 Å². The molecule has 0 bridgehead atoms. The number of hydrogen-bond acceptors (Lipinski definition) is 3. The largest absolute Gasteiger partial charge is 0.416 e. The van der Waals surface area contributed by atoms with Gasteiger partial charge in [-0.2, -0.15) is 0 Å². The summed E-state index contributed by atoms with van der Waals surface area (Å²) in [5.74, 6) is 2.65. The van der Waals surface area contributed by atoms with Gasteiger partial charge in [0.1, 0.15) is 0 Å². The Hall–Kier alpha value is -0.360. The van der Waals surface area contributed by atoms with E-state index in [9.17, 15) is 4.57 Å². The summed E-state index contributed by atoms with van der Waals surface area (Å²) in [6, 6.07) is 0. The van der Waals surface area contributed by atoms with Crippen molar-refractivity contribution in [3.8, 4) is 12.3 Å². The zero-order valence-electron chi connectivity index (χ0n) is 6.27. The lowest BCUT2D eigenvalue weighted by atomic mass is 10.6. The van der Waals surface area contributed by atoms with E-state index in [1.54, 1.807) is 24.2 Å². The topological polar surface area (TPSA) is 29.5 Å². The van der Waals surface area contributed by atoms with Crippen LogP contribution in [0.1, 0.15) is 0 Å². The van der Waals surface area contributed by atoms with Crippen molar-refractivity contribution in [2.45, 2.75) is 0 Å². The Morgan fingerprint density at radius 2 is 2.45 bits per heavy atom. The van der Waals surface area contributed by atoms with Gasteiger partial charge in [0.2, 0.25) is 0 Å². The van der Waals surface area contributed by atoms with Crippen molar-refractivity contribution in [1.82, 2.24) is 4.67 Å². The van der Waals surface area contributed by atoms with E-state index in [0.29, 0.717) is 5.76 Å². The summed E-state index contributed by atoms with van der Waals surface area (Å²) in [4.78, 5) is 0. The third-order valence-corrected chi connectivity index (χ3v) is 5.45. The normalized spacial score (nSPS) is 29.5. The molecule has 0 amide bonds. The molecule has 1 atom stereocenters. The molecule has 0 fully saturated rings. The van der Waals surface area contributed by atoms with E-state index < -0.39 is 6.72 Å². The van der Waals surface area contributed by atoms with Gasteiger partial charge < -0.3 is 4.52 Å². The van der Waals surface area contributed by atoms with Crippen LogP contribution in [-0.2, 0) is 9.09 Å². The van der Waals surface area contributed by atoms with Crippen LogP contribution in [0.5, 0.6) is 0 Å². The first kappa shape index (κ1) is 8.73. The highest BCUT2D eigenvalue weighted by Gasteiger charge is 2.33. The van der Waals surface area contributed by atoms with Gasteiger partial charge in [0, 0.05) is 5.41 Å². The Morgan fingerprint density at radius 1 is 1.82 bits per heavy atom. The first-order chi connectivity index (χ1) is 5.08. The minimum Gasteiger partial charge on any atom is -0.416 e. The van der Waals surface area contributed by atoms with Crippen LogP contribution in [0.2, 0.25) is 0 Å². The molecule has 0 spiro atoms. The SMILES string of the molecule is C#CC1=CSP(=O)(N(C)C)O1. The molecule has 1 aliphatic rings. The maximum absolute atomic E-state index is 11.6.